The molecule has 74 valence electrons. The summed E-state index contributed by atoms with van der Waals surface area (Å²) in [7, 11) is 0. The van der Waals surface area contributed by atoms with Crippen molar-refractivity contribution in [3.05, 3.63) is 44.3 Å². The van der Waals surface area contributed by atoms with Crippen molar-refractivity contribution < 1.29 is 5.11 Å². The highest BCUT2D eigenvalue weighted by Crippen LogP contribution is 2.30. The predicted molar refractivity (Wildman–Crippen MR) is 62.1 cm³/mol. The van der Waals surface area contributed by atoms with Gasteiger partial charge in [0.25, 0.3) is 0 Å². The summed E-state index contributed by atoms with van der Waals surface area (Å²) >= 11 is 3.26. The average Bonchev–Trinajstić information content (AvgIpc) is 2.87. The summed E-state index contributed by atoms with van der Waals surface area (Å²) in [6.45, 7) is 2.12. The van der Waals surface area contributed by atoms with E-state index in [4.69, 9.17) is 0 Å². The summed E-state index contributed by atoms with van der Waals surface area (Å²) in [5, 5.41) is 16.1. The number of aliphatic hydroxyl groups excluding tert-OH is 1. The van der Waals surface area contributed by atoms with Crippen molar-refractivity contribution in [3.8, 4) is 0 Å². The third-order valence-corrected chi connectivity index (χ3v) is 3.98. The first-order valence-electron chi connectivity index (χ1n) is 4.59. The topological polar surface area (TPSA) is 20.2 Å². The van der Waals surface area contributed by atoms with Crippen molar-refractivity contribution >= 4 is 22.7 Å². The van der Waals surface area contributed by atoms with Gasteiger partial charge in [0.1, 0.15) is 6.10 Å². The van der Waals surface area contributed by atoms with Gasteiger partial charge >= 0.3 is 0 Å². The minimum atomic E-state index is -0.434. The van der Waals surface area contributed by atoms with Gasteiger partial charge in [0.15, 0.2) is 0 Å². The van der Waals surface area contributed by atoms with Gasteiger partial charge in [-0.2, -0.15) is 11.3 Å². The van der Waals surface area contributed by atoms with Crippen LogP contribution in [0.5, 0.6) is 0 Å². The maximum Gasteiger partial charge on any atom is 0.114 e. The van der Waals surface area contributed by atoms with E-state index >= 15 is 0 Å². The Morgan fingerprint density at radius 2 is 2.21 bits per heavy atom. The van der Waals surface area contributed by atoms with Crippen molar-refractivity contribution in [1.82, 2.24) is 0 Å². The van der Waals surface area contributed by atoms with E-state index in [-0.39, 0.29) is 0 Å². The Balaban J connectivity index is 2.31. The second-order valence-corrected chi connectivity index (χ2v) is 4.85. The van der Waals surface area contributed by atoms with Crippen LogP contribution in [0, 0.1) is 0 Å². The van der Waals surface area contributed by atoms with Crippen LogP contribution < -0.4 is 0 Å². The summed E-state index contributed by atoms with van der Waals surface area (Å²) in [5.41, 5.74) is 2.26. The summed E-state index contributed by atoms with van der Waals surface area (Å²) < 4.78 is 0. The van der Waals surface area contributed by atoms with Crippen LogP contribution in [0.25, 0.3) is 0 Å². The first-order valence-corrected chi connectivity index (χ1v) is 6.41. The van der Waals surface area contributed by atoms with Gasteiger partial charge < -0.3 is 5.11 Å². The Kier molecular flexibility index (Phi) is 3.01. The van der Waals surface area contributed by atoms with E-state index in [9.17, 15) is 5.11 Å². The minimum absolute atomic E-state index is 0.434. The molecule has 0 aliphatic heterocycles. The molecule has 0 saturated heterocycles. The Hall–Kier alpha value is -0.640. The molecular formula is C11H12OS2. The van der Waals surface area contributed by atoms with Crippen LogP contribution in [0.15, 0.2) is 28.3 Å². The zero-order valence-electron chi connectivity index (χ0n) is 7.93. The quantitative estimate of drug-likeness (QED) is 0.846. The van der Waals surface area contributed by atoms with E-state index in [1.165, 1.54) is 5.56 Å². The Labute approximate surface area is 91.7 Å². The van der Waals surface area contributed by atoms with Crippen LogP contribution >= 0.6 is 22.7 Å². The molecule has 0 spiro atoms. The molecule has 2 aromatic heterocycles. The highest BCUT2D eigenvalue weighted by Gasteiger charge is 2.15. The Morgan fingerprint density at radius 3 is 2.86 bits per heavy atom. The van der Waals surface area contributed by atoms with Gasteiger partial charge in [-0.15, -0.1) is 11.3 Å². The fraction of sp³-hybridized carbons (Fsp3) is 0.273. The van der Waals surface area contributed by atoms with Crippen LogP contribution in [-0.4, -0.2) is 5.11 Å². The van der Waals surface area contributed by atoms with Crippen molar-refractivity contribution in [2.24, 2.45) is 0 Å². The van der Waals surface area contributed by atoms with Crippen LogP contribution in [0.1, 0.15) is 29.0 Å². The number of thiophene rings is 2. The van der Waals surface area contributed by atoms with E-state index in [2.05, 4.69) is 13.0 Å². The molecule has 0 saturated carbocycles. The van der Waals surface area contributed by atoms with Crippen LogP contribution in [0.2, 0.25) is 0 Å². The van der Waals surface area contributed by atoms with Crippen LogP contribution in [0.3, 0.4) is 0 Å². The maximum absolute atomic E-state index is 10.1. The Morgan fingerprint density at radius 1 is 1.36 bits per heavy atom. The zero-order valence-corrected chi connectivity index (χ0v) is 9.57. The summed E-state index contributed by atoms with van der Waals surface area (Å²) in [5.74, 6) is 0. The number of aliphatic hydroxyl groups is 1. The average molecular weight is 224 g/mol. The number of rotatable bonds is 3. The van der Waals surface area contributed by atoms with E-state index < -0.39 is 6.10 Å². The summed E-state index contributed by atoms with van der Waals surface area (Å²) in [4.78, 5) is 1.09. The standard InChI is InChI=1S/C11H12OS2/c1-2-8-4-6-14-11(8)10(12)9-3-5-13-7-9/h3-7,10,12H,2H2,1H3. The van der Waals surface area contributed by atoms with Crippen molar-refractivity contribution in [2.75, 3.05) is 0 Å². The van der Waals surface area contributed by atoms with Gasteiger partial charge in [0.2, 0.25) is 0 Å². The summed E-state index contributed by atoms with van der Waals surface area (Å²) in [6, 6.07) is 4.07. The van der Waals surface area contributed by atoms with Crippen LogP contribution in [0.4, 0.5) is 0 Å². The van der Waals surface area contributed by atoms with Gasteiger partial charge in [0, 0.05) is 4.88 Å². The van der Waals surface area contributed by atoms with E-state index in [1.807, 2.05) is 22.2 Å². The third kappa shape index (κ3) is 1.75. The summed E-state index contributed by atoms with van der Waals surface area (Å²) in [6.07, 6.45) is 0.552. The van der Waals surface area contributed by atoms with E-state index in [1.54, 1.807) is 22.7 Å². The van der Waals surface area contributed by atoms with Gasteiger partial charge in [-0.25, -0.2) is 0 Å². The maximum atomic E-state index is 10.1. The lowest BCUT2D eigenvalue weighted by Crippen LogP contribution is -1.97. The normalized spacial score (nSPS) is 13.0. The van der Waals surface area contributed by atoms with E-state index in [0.717, 1.165) is 16.9 Å². The highest BCUT2D eigenvalue weighted by atomic mass is 32.1. The largest absolute Gasteiger partial charge is 0.383 e. The molecule has 0 bridgehead atoms. The lowest BCUT2D eigenvalue weighted by atomic mass is 10.1. The van der Waals surface area contributed by atoms with Gasteiger partial charge in [0.05, 0.1) is 0 Å². The Bertz CT molecular complexity index is 389. The van der Waals surface area contributed by atoms with Crippen LogP contribution in [-0.2, 0) is 6.42 Å². The molecule has 2 heterocycles. The molecule has 2 rings (SSSR count). The van der Waals surface area contributed by atoms with E-state index in [0.29, 0.717) is 0 Å². The SMILES string of the molecule is CCc1ccsc1C(O)c1ccsc1. The first-order chi connectivity index (χ1) is 6.83. The van der Waals surface area contributed by atoms with Crippen molar-refractivity contribution in [1.29, 1.82) is 0 Å². The third-order valence-electron chi connectivity index (χ3n) is 2.27. The molecule has 0 amide bonds. The lowest BCUT2D eigenvalue weighted by Gasteiger charge is -2.08. The second kappa shape index (κ2) is 4.26. The molecule has 1 atom stereocenters. The zero-order chi connectivity index (χ0) is 9.97. The smallest absolute Gasteiger partial charge is 0.114 e. The molecule has 3 heteroatoms. The molecule has 0 aromatic carbocycles. The second-order valence-electron chi connectivity index (χ2n) is 3.12. The molecule has 1 unspecified atom stereocenters. The molecule has 0 radical (unpaired) electrons. The molecule has 0 fully saturated rings. The molecule has 14 heavy (non-hydrogen) atoms. The monoisotopic (exact) mass is 224 g/mol. The minimum Gasteiger partial charge on any atom is -0.383 e. The van der Waals surface area contributed by atoms with Gasteiger partial charge in [-0.05, 0) is 45.8 Å². The molecular weight excluding hydrogens is 212 g/mol. The molecule has 0 aliphatic carbocycles. The molecule has 2 aromatic rings. The number of aryl methyl sites for hydroxylation is 1. The molecule has 1 nitrogen and oxygen atoms in total. The lowest BCUT2D eigenvalue weighted by molar-refractivity contribution is 0.223. The molecule has 1 N–H and O–H groups in total. The molecule has 0 aliphatic rings. The fourth-order valence-electron chi connectivity index (χ4n) is 1.46. The number of hydrogen-bond donors (Lipinski definition) is 1. The first kappa shape index (κ1) is 9.90. The predicted octanol–water partition coefficient (Wildman–Crippen LogP) is 3.45. The number of hydrogen-bond acceptors (Lipinski definition) is 3. The van der Waals surface area contributed by atoms with Gasteiger partial charge in [-0.1, -0.05) is 6.92 Å². The fourth-order valence-corrected chi connectivity index (χ4v) is 3.15. The van der Waals surface area contributed by atoms with Crippen molar-refractivity contribution in [3.63, 3.8) is 0 Å². The van der Waals surface area contributed by atoms with Crippen molar-refractivity contribution in [2.45, 2.75) is 19.4 Å². The van der Waals surface area contributed by atoms with Gasteiger partial charge in [-0.3, -0.25) is 0 Å². The highest BCUT2D eigenvalue weighted by molar-refractivity contribution is 7.10.